The van der Waals surface area contributed by atoms with Crippen molar-refractivity contribution in [3.8, 4) is 11.5 Å². The van der Waals surface area contributed by atoms with Gasteiger partial charge in [0.2, 0.25) is 0 Å². The molecule has 1 aliphatic rings. The van der Waals surface area contributed by atoms with Crippen LogP contribution in [0.2, 0.25) is 5.02 Å². The van der Waals surface area contributed by atoms with E-state index in [1.54, 1.807) is 0 Å². The van der Waals surface area contributed by atoms with Crippen LogP contribution in [0.5, 0.6) is 11.5 Å². The number of thioether (sulfide) groups is 1. The second-order valence-electron chi connectivity index (χ2n) is 4.12. The van der Waals surface area contributed by atoms with Crippen molar-refractivity contribution in [3.63, 3.8) is 0 Å². The molecule has 0 saturated heterocycles. The van der Waals surface area contributed by atoms with Gasteiger partial charge in [-0.2, -0.15) is 11.8 Å². The van der Waals surface area contributed by atoms with Crippen LogP contribution in [-0.4, -0.2) is 31.8 Å². The van der Waals surface area contributed by atoms with E-state index in [-0.39, 0.29) is 0 Å². The third kappa shape index (κ3) is 3.70. The summed E-state index contributed by atoms with van der Waals surface area (Å²) in [5, 5.41) is 4.01. The molecule has 3 nitrogen and oxygen atoms in total. The second-order valence-corrected chi connectivity index (χ2v) is 5.52. The fourth-order valence-electron chi connectivity index (χ4n) is 1.79. The molecule has 0 saturated carbocycles. The summed E-state index contributed by atoms with van der Waals surface area (Å²) in [4.78, 5) is 0. The molecule has 18 heavy (non-hydrogen) atoms. The standard InChI is InChI=1S/C13H18ClNO2S/c1-18-6-3-15-9-10-7-11(14)13-12(8-10)16-4-2-5-17-13/h7-8,15H,2-6,9H2,1H3. The van der Waals surface area contributed by atoms with E-state index in [4.69, 9.17) is 21.1 Å². The Morgan fingerprint density at radius 2 is 2.17 bits per heavy atom. The van der Waals surface area contributed by atoms with Crippen molar-refractivity contribution in [1.82, 2.24) is 5.32 Å². The number of nitrogens with one attached hydrogen (secondary N) is 1. The van der Waals surface area contributed by atoms with E-state index in [2.05, 4.69) is 11.6 Å². The maximum absolute atomic E-state index is 6.22. The molecule has 0 fully saturated rings. The van der Waals surface area contributed by atoms with Gasteiger partial charge in [0.25, 0.3) is 0 Å². The van der Waals surface area contributed by atoms with Crippen LogP contribution in [0, 0.1) is 0 Å². The van der Waals surface area contributed by atoms with Crippen LogP contribution < -0.4 is 14.8 Å². The van der Waals surface area contributed by atoms with Crippen molar-refractivity contribution in [1.29, 1.82) is 0 Å². The summed E-state index contributed by atoms with van der Waals surface area (Å²) in [6.07, 6.45) is 3.00. The molecule has 0 radical (unpaired) electrons. The van der Waals surface area contributed by atoms with Gasteiger partial charge in [-0.15, -0.1) is 0 Å². The molecule has 1 aliphatic heterocycles. The highest BCUT2D eigenvalue weighted by Crippen LogP contribution is 2.37. The molecule has 0 amide bonds. The zero-order valence-electron chi connectivity index (χ0n) is 10.5. The second kappa shape index (κ2) is 7.12. The van der Waals surface area contributed by atoms with Gasteiger partial charge in [0.15, 0.2) is 11.5 Å². The van der Waals surface area contributed by atoms with Crippen molar-refractivity contribution in [3.05, 3.63) is 22.7 Å². The van der Waals surface area contributed by atoms with E-state index in [0.29, 0.717) is 24.0 Å². The highest BCUT2D eigenvalue weighted by atomic mass is 35.5. The largest absolute Gasteiger partial charge is 0.489 e. The Balaban J connectivity index is 2.04. The van der Waals surface area contributed by atoms with E-state index in [0.717, 1.165) is 36.6 Å². The maximum Gasteiger partial charge on any atom is 0.179 e. The minimum Gasteiger partial charge on any atom is -0.489 e. The predicted molar refractivity (Wildman–Crippen MR) is 77.1 cm³/mol. The van der Waals surface area contributed by atoms with Crippen LogP contribution in [0.3, 0.4) is 0 Å². The summed E-state index contributed by atoms with van der Waals surface area (Å²) in [6.45, 7) is 3.15. The molecule has 0 aromatic heterocycles. The van der Waals surface area contributed by atoms with Gasteiger partial charge in [-0.1, -0.05) is 11.6 Å². The lowest BCUT2D eigenvalue weighted by Gasteiger charge is -2.12. The number of benzene rings is 1. The zero-order valence-corrected chi connectivity index (χ0v) is 12.1. The van der Waals surface area contributed by atoms with Crippen molar-refractivity contribution in [2.75, 3.05) is 31.8 Å². The zero-order chi connectivity index (χ0) is 12.8. The average molecular weight is 288 g/mol. The normalized spacial score (nSPS) is 14.3. The molecule has 2 rings (SSSR count). The van der Waals surface area contributed by atoms with Crippen LogP contribution in [0.4, 0.5) is 0 Å². The molecule has 0 spiro atoms. The Kier molecular flexibility index (Phi) is 5.47. The first kappa shape index (κ1) is 13.8. The summed E-state index contributed by atoms with van der Waals surface area (Å²) >= 11 is 8.06. The van der Waals surface area contributed by atoms with Gasteiger partial charge >= 0.3 is 0 Å². The summed E-state index contributed by atoms with van der Waals surface area (Å²) < 4.78 is 11.3. The molecule has 0 atom stereocenters. The Labute approximate surface area is 117 Å². The smallest absolute Gasteiger partial charge is 0.179 e. The summed E-state index contributed by atoms with van der Waals surface area (Å²) in [7, 11) is 0. The molecule has 0 aliphatic carbocycles. The Morgan fingerprint density at radius 1 is 1.33 bits per heavy atom. The summed E-state index contributed by atoms with van der Waals surface area (Å²) in [6, 6.07) is 3.96. The first-order chi connectivity index (χ1) is 8.81. The number of hydrogen-bond donors (Lipinski definition) is 1. The summed E-state index contributed by atoms with van der Waals surface area (Å²) in [5.41, 5.74) is 1.13. The van der Waals surface area contributed by atoms with Crippen molar-refractivity contribution in [2.45, 2.75) is 13.0 Å². The topological polar surface area (TPSA) is 30.5 Å². The summed E-state index contributed by atoms with van der Waals surface area (Å²) in [5.74, 6) is 2.56. The van der Waals surface area contributed by atoms with E-state index in [1.807, 2.05) is 23.9 Å². The molecule has 1 heterocycles. The molecule has 0 bridgehead atoms. The first-order valence-electron chi connectivity index (χ1n) is 6.09. The number of rotatable bonds is 5. The number of hydrogen-bond acceptors (Lipinski definition) is 4. The van der Waals surface area contributed by atoms with Crippen molar-refractivity contribution in [2.24, 2.45) is 0 Å². The minimum absolute atomic E-state index is 0.635. The third-order valence-electron chi connectivity index (χ3n) is 2.67. The number of ether oxygens (including phenoxy) is 2. The van der Waals surface area contributed by atoms with Gasteiger partial charge in [-0.3, -0.25) is 0 Å². The Morgan fingerprint density at radius 3 is 3.00 bits per heavy atom. The lowest BCUT2D eigenvalue weighted by Crippen LogP contribution is -2.16. The number of halogens is 1. The van der Waals surface area contributed by atoms with Gasteiger partial charge in [0, 0.05) is 25.3 Å². The molecule has 1 aromatic rings. The van der Waals surface area contributed by atoms with Crippen LogP contribution in [0.15, 0.2) is 12.1 Å². The van der Waals surface area contributed by atoms with Crippen molar-refractivity contribution < 1.29 is 9.47 Å². The molecule has 0 unspecified atom stereocenters. The lowest BCUT2D eigenvalue weighted by atomic mass is 10.2. The SMILES string of the molecule is CSCCNCc1cc(Cl)c2c(c1)OCCCO2. The average Bonchev–Trinajstić information content (AvgIpc) is 2.60. The third-order valence-corrected chi connectivity index (χ3v) is 3.57. The van der Waals surface area contributed by atoms with E-state index in [1.165, 1.54) is 0 Å². The van der Waals surface area contributed by atoms with Gasteiger partial charge in [-0.05, 0) is 24.0 Å². The van der Waals surface area contributed by atoms with Gasteiger partial charge < -0.3 is 14.8 Å². The van der Waals surface area contributed by atoms with Crippen LogP contribution in [0.1, 0.15) is 12.0 Å². The Bertz CT molecular complexity index is 401. The van der Waals surface area contributed by atoms with Crippen LogP contribution in [0.25, 0.3) is 0 Å². The van der Waals surface area contributed by atoms with Gasteiger partial charge in [0.1, 0.15) is 0 Å². The van der Waals surface area contributed by atoms with Crippen LogP contribution in [-0.2, 0) is 6.54 Å². The van der Waals surface area contributed by atoms with Gasteiger partial charge in [0.05, 0.1) is 18.2 Å². The molecular weight excluding hydrogens is 270 g/mol. The maximum atomic E-state index is 6.22. The highest BCUT2D eigenvalue weighted by Gasteiger charge is 2.15. The van der Waals surface area contributed by atoms with Gasteiger partial charge in [-0.25, -0.2) is 0 Å². The monoisotopic (exact) mass is 287 g/mol. The minimum atomic E-state index is 0.635. The fraction of sp³-hybridized carbons (Fsp3) is 0.538. The Hall–Kier alpha value is -0.580. The molecular formula is C13H18ClNO2S. The van der Waals surface area contributed by atoms with E-state index in [9.17, 15) is 0 Å². The molecule has 1 aromatic carbocycles. The fourth-order valence-corrected chi connectivity index (χ4v) is 2.43. The van der Waals surface area contributed by atoms with Crippen LogP contribution >= 0.6 is 23.4 Å². The molecule has 1 N–H and O–H groups in total. The van der Waals surface area contributed by atoms with E-state index >= 15 is 0 Å². The van der Waals surface area contributed by atoms with E-state index < -0.39 is 0 Å². The quantitative estimate of drug-likeness (QED) is 0.844. The number of fused-ring (bicyclic) bond motifs is 1. The molecule has 5 heteroatoms. The van der Waals surface area contributed by atoms with Crippen molar-refractivity contribution >= 4 is 23.4 Å². The predicted octanol–water partition coefficient (Wildman–Crippen LogP) is 2.95. The lowest BCUT2D eigenvalue weighted by molar-refractivity contribution is 0.297. The molecule has 100 valence electrons. The first-order valence-corrected chi connectivity index (χ1v) is 7.86. The highest BCUT2D eigenvalue weighted by molar-refractivity contribution is 7.98.